The fraction of sp³-hybridized carbons (Fsp3) is 0.500. The second kappa shape index (κ2) is 9.06. The van der Waals surface area contributed by atoms with E-state index in [9.17, 15) is 9.59 Å². The number of benzene rings is 1. The minimum Gasteiger partial charge on any atom is -0.465 e. The van der Waals surface area contributed by atoms with Crippen LogP contribution in [0.5, 0.6) is 0 Å². The molecule has 122 valence electrons. The van der Waals surface area contributed by atoms with Gasteiger partial charge in [-0.15, -0.1) is 11.8 Å². The highest BCUT2D eigenvalue weighted by atomic mass is 35.5. The van der Waals surface area contributed by atoms with Gasteiger partial charge in [0, 0.05) is 10.7 Å². The average Bonchev–Trinajstić information content (AvgIpc) is 2.45. The van der Waals surface area contributed by atoms with Gasteiger partial charge in [-0.3, -0.25) is 9.59 Å². The standard InChI is InChI=1S/C16H22ClNO3S/c1-10(2)8-21-16(20)12(4)22-9-15(19)18-14-6-5-13(17)7-11(14)3/h5-7,10,12H,8-9H2,1-4H3,(H,18,19). The number of hydrogen-bond acceptors (Lipinski definition) is 4. The number of carbonyl (C=O) groups excluding carboxylic acids is 2. The molecule has 0 radical (unpaired) electrons. The molecule has 22 heavy (non-hydrogen) atoms. The molecule has 1 aromatic rings. The van der Waals surface area contributed by atoms with Gasteiger partial charge in [-0.1, -0.05) is 25.4 Å². The molecule has 1 amide bonds. The number of carbonyl (C=O) groups is 2. The monoisotopic (exact) mass is 343 g/mol. The molecule has 1 rings (SSSR count). The van der Waals surface area contributed by atoms with Gasteiger partial charge in [-0.2, -0.15) is 0 Å². The number of thioether (sulfide) groups is 1. The van der Waals surface area contributed by atoms with E-state index in [0.717, 1.165) is 11.3 Å². The van der Waals surface area contributed by atoms with Gasteiger partial charge < -0.3 is 10.1 Å². The zero-order valence-electron chi connectivity index (χ0n) is 13.3. The van der Waals surface area contributed by atoms with Gasteiger partial charge in [-0.25, -0.2) is 0 Å². The Balaban J connectivity index is 2.40. The molecule has 0 saturated carbocycles. The normalized spacial score (nSPS) is 12.1. The predicted octanol–water partition coefficient (Wildman–Crippen LogP) is 3.91. The summed E-state index contributed by atoms with van der Waals surface area (Å²) in [6.45, 7) is 7.98. The van der Waals surface area contributed by atoms with Crippen molar-refractivity contribution >= 4 is 40.9 Å². The highest BCUT2D eigenvalue weighted by Crippen LogP contribution is 2.20. The van der Waals surface area contributed by atoms with Crippen LogP contribution < -0.4 is 5.32 Å². The first-order valence-corrected chi connectivity index (χ1v) is 8.56. The number of aryl methyl sites for hydroxylation is 1. The number of anilines is 1. The minimum absolute atomic E-state index is 0.154. The van der Waals surface area contributed by atoms with Crippen molar-refractivity contribution in [2.24, 2.45) is 5.92 Å². The van der Waals surface area contributed by atoms with Crippen molar-refractivity contribution < 1.29 is 14.3 Å². The second-order valence-corrected chi connectivity index (χ2v) is 7.25. The van der Waals surface area contributed by atoms with Crippen LogP contribution in [-0.4, -0.2) is 29.5 Å². The van der Waals surface area contributed by atoms with Crippen LogP contribution in [0, 0.1) is 12.8 Å². The number of rotatable bonds is 7. The van der Waals surface area contributed by atoms with Crippen molar-refractivity contribution in [2.45, 2.75) is 32.9 Å². The molecule has 0 heterocycles. The van der Waals surface area contributed by atoms with Crippen molar-refractivity contribution in [1.29, 1.82) is 0 Å². The van der Waals surface area contributed by atoms with E-state index in [0.29, 0.717) is 17.5 Å². The Morgan fingerprint density at radius 3 is 2.59 bits per heavy atom. The first-order chi connectivity index (χ1) is 10.3. The second-order valence-electron chi connectivity index (χ2n) is 5.48. The maximum absolute atomic E-state index is 11.9. The lowest BCUT2D eigenvalue weighted by atomic mass is 10.2. The first-order valence-electron chi connectivity index (χ1n) is 7.13. The smallest absolute Gasteiger partial charge is 0.318 e. The molecule has 0 aliphatic heterocycles. The van der Waals surface area contributed by atoms with Crippen LogP contribution in [0.25, 0.3) is 0 Å². The number of amides is 1. The van der Waals surface area contributed by atoms with E-state index in [-0.39, 0.29) is 22.9 Å². The van der Waals surface area contributed by atoms with E-state index in [1.54, 1.807) is 25.1 Å². The lowest BCUT2D eigenvalue weighted by Gasteiger charge is -2.13. The molecule has 0 saturated heterocycles. The molecule has 0 aromatic heterocycles. The molecule has 0 bridgehead atoms. The van der Waals surface area contributed by atoms with Gasteiger partial charge in [0.15, 0.2) is 0 Å². The van der Waals surface area contributed by atoms with Crippen LogP contribution in [0.1, 0.15) is 26.3 Å². The molecule has 0 aliphatic carbocycles. The van der Waals surface area contributed by atoms with Gasteiger partial charge in [0.05, 0.1) is 12.4 Å². The van der Waals surface area contributed by atoms with E-state index in [1.807, 2.05) is 20.8 Å². The van der Waals surface area contributed by atoms with E-state index in [1.165, 1.54) is 11.8 Å². The molecule has 0 spiro atoms. The van der Waals surface area contributed by atoms with Crippen LogP contribution >= 0.6 is 23.4 Å². The highest BCUT2D eigenvalue weighted by Gasteiger charge is 2.17. The molecule has 1 unspecified atom stereocenters. The fourth-order valence-electron chi connectivity index (χ4n) is 1.59. The molecule has 6 heteroatoms. The average molecular weight is 344 g/mol. The molecule has 1 atom stereocenters. The summed E-state index contributed by atoms with van der Waals surface area (Å²) >= 11 is 7.13. The summed E-state index contributed by atoms with van der Waals surface area (Å²) in [5, 5.41) is 3.08. The van der Waals surface area contributed by atoms with Crippen LogP contribution in [0.2, 0.25) is 5.02 Å². The lowest BCUT2D eigenvalue weighted by Crippen LogP contribution is -2.22. The Morgan fingerprint density at radius 1 is 1.32 bits per heavy atom. The molecule has 4 nitrogen and oxygen atoms in total. The van der Waals surface area contributed by atoms with Gasteiger partial charge >= 0.3 is 5.97 Å². The largest absolute Gasteiger partial charge is 0.465 e. The topological polar surface area (TPSA) is 55.4 Å². The Morgan fingerprint density at radius 2 is 2.00 bits per heavy atom. The van der Waals surface area contributed by atoms with E-state index < -0.39 is 0 Å². The Labute approximate surface area is 140 Å². The molecular weight excluding hydrogens is 322 g/mol. The lowest BCUT2D eigenvalue weighted by molar-refractivity contribution is -0.143. The van der Waals surface area contributed by atoms with Crippen LogP contribution in [0.4, 0.5) is 5.69 Å². The van der Waals surface area contributed by atoms with Crippen LogP contribution in [-0.2, 0) is 14.3 Å². The molecule has 0 fully saturated rings. The summed E-state index contributed by atoms with van der Waals surface area (Å²) in [6.07, 6.45) is 0. The number of esters is 1. The van der Waals surface area contributed by atoms with E-state index in [4.69, 9.17) is 16.3 Å². The summed E-state index contributed by atoms with van der Waals surface area (Å²) < 4.78 is 5.14. The molecule has 1 N–H and O–H groups in total. The first kappa shape index (κ1) is 18.8. The number of ether oxygens (including phenoxy) is 1. The van der Waals surface area contributed by atoms with Gasteiger partial charge in [0.25, 0.3) is 0 Å². The third kappa shape index (κ3) is 6.71. The highest BCUT2D eigenvalue weighted by molar-refractivity contribution is 8.01. The molecule has 0 aliphatic rings. The number of halogens is 1. The Bertz CT molecular complexity index is 534. The van der Waals surface area contributed by atoms with Gasteiger partial charge in [0.2, 0.25) is 5.91 Å². The van der Waals surface area contributed by atoms with Crippen LogP contribution in [0.15, 0.2) is 18.2 Å². The van der Waals surface area contributed by atoms with Crippen molar-refractivity contribution in [3.63, 3.8) is 0 Å². The van der Waals surface area contributed by atoms with Crippen molar-refractivity contribution in [2.75, 3.05) is 17.7 Å². The Kier molecular flexibility index (Phi) is 7.76. The molecule has 1 aromatic carbocycles. The SMILES string of the molecule is Cc1cc(Cl)ccc1NC(=O)CSC(C)C(=O)OCC(C)C. The summed E-state index contributed by atoms with van der Waals surface area (Å²) in [5.74, 6) is 0.0606. The van der Waals surface area contributed by atoms with E-state index in [2.05, 4.69) is 5.32 Å². The number of hydrogen-bond donors (Lipinski definition) is 1. The fourth-order valence-corrected chi connectivity index (χ4v) is 2.49. The minimum atomic E-state index is -0.365. The van der Waals surface area contributed by atoms with Gasteiger partial charge in [-0.05, 0) is 43.5 Å². The van der Waals surface area contributed by atoms with Crippen molar-refractivity contribution in [3.05, 3.63) is 28.8 Å². The maximum atomic E-state index is 11.9. The Hall–Kier alpha value is -1.20. The maximum Gasteiger partial charge on any atom is 0.318 e. The molecular formula is C16H22ClNO3S. The van der Waals surface area contributed by atoms with Crippen molar-refractivity contribution in [3.8, 4) is 0 Å². The van der Waals surface area contributed by atoms with Gasteiger partial charge in [0.1, 0.15) is 5.25 Å². The third-order valence-corrected chi connectivity index (χ3v) is 4.17. The predicted molar refractivity (Wildman–Crippen MR) is 92.5 cm³/mol. The van der Waals surface area contributed by atoms with Crippen molar-refractivity contribution in [1.82, 2.24) is 0 Å². The van der Waals surface area contributed by atoms with E-state index >= 15 is 0 Å². The number of nitrogens with one attached hydrogen (secondary N) is 1. The quantitative estimate of drug-likeness (QED) is 0.763. The summed E-state index contributed by atoms with van der Waals surface area (Å²) in [5.41, 5.74) is 1.63. The van der Waals surface area contributed by atoms with Crippen LogP contribution in [0.3, 0.4) is 0 Å². The summed E-state index contributed by atoms with van der Waals surface area (Å²) in [7, 11) is 0. The third-order valence-electron chi connectivity index (χ3n) is 2.82. The summed E-state index contributed by atoms with van der Waals surface area (Å²) in [6, 6.07) is 5.28. The zero-order valence-corrected chi connectivity index (χ0v) is 14.9. The zero-order chi connectivity index (χ0) is 16.7. The summed E-state index contributed by atoms with van der Waals surface area (Å²) in [4.78, 5) is 23.6.